The maximum atomic E-state index is 13.1. The fourth-order valence-corrected chi connectivity index (χ4v) is 3.84. The first kappa shape index (κ1) is 22.7. The molecule has 0 saturated carbocycles. The summed E-state index contributed by atoms with van der Waals surface area (Å²) in [5, 5.41) is 7.88. The molecule has 0 atom stereocenters. The van der Waals surface area contributed by atoms with E-state index in [0.717, 1.165) is 41.5 Å². The third kappa shape index (κ3) is 6.06. The number of morpholine rings is 1. The number of fused-ring (bicyclic) bond motifs is 1. The third-order valence-corrected chi connectivity index (χ3v) is 5.75. The van der Waals surface area contributed by atoms with Crippen LogP contribution in [0.15, 0.2) is 72.4 Å². The van der Waals surface area contributed by atoms with E-state index < -0.39 is 0 Å². The second-order valence-electron chi connectivity index (χ2n) is 8.16. The minimum atomic E-state index is -0.315. The predicted octanol–water partition coefficient (Wildman–Crippen LogP) is 3.37. The molecule has 1 aliphatic heterocycles. The van der Waals surface area contributed by atoms with Gasteiger partial charge in [-0.15, -0.1) is 0 Å². The number of nitrogens with one attached hydrogen (secondary N) is 2. The lowest BCUT2D eigenvalue weighted by atomic mass is 10.0. The molecule has 6 nitrogen and oxygen atoms in total. The lowest BCUT2D eigenvalue weighted by Crippen LogP contribution is -2.42. The van der Waals surface area contributed by atoms with Gasteiger partial charge in [-0.1, -0.05) is 60.2 Å². The molecule has 0 aliphatic carbocycles. The Hall–Kier alpha value is -3.48. The number of carbonyl (C=O) groups is 2. The number of carbonyl (C=O) groups excluding carboxylic acids is 2. The van der Waals surface area contributed by atoms with Crippen molar-refractivity contribution in [3.8, 4) is 0 Å². The summed E-state index contributed by atoms with van der Waals surface area (Å²) in [6.07, 6.45) is 1.75. The molecule has 0 spiro atoms. The van der Waals surface area contributed by atoms with Crippen LogP contribution in [-0.2, 0) is 9.53 Å². The molecular formula is C27H29N3O3. The normalized spacial score (nSPS) is 14.8. The summed E-state index contributed by atoms with van der Waals surface area (Å²) in [5.74, 6) is -0.624. The summed E-state index contributed by atoms with van der Waals surface area (Å²) in [5.41, 5.74) is 2.67. The summed E-state index contributed by atoms with van der Waals surface area (Å²) >= 11 is 0. The van der Waals surface area contributed by atoms with Crippen LogP contribution in [0.5, 0.6) is 0 Å². The van der Waals surface area contributed by atoms with E-state index in [1.807, 2.05) is 61.5 Å². The Labute approximate surface area is 194 Å². The molecule has 1 saturated heterocycles. The number of hydrogen-bond acceptors (Lipinski definition) is 4. The van der Waals surface area contributed by atoms with Crippen molar-refractivity contribution in [2.24, 2.45) is 0 Å². The number of ether oxygens (including phenoxy) is 1. The van der Waals surface area contributed by atoms with E-state index in [9.17, 15) is 9.59 Å². The lowest BCUT2D eigenvalue weighted by molar-refractivity contribution is -0.117. The van der Waals surface area contributed by atoms with Crippen LogP contribution in [-0.4, -0.2) is 56.1 Å². The van der Waals surface area contributed by atoms with Gasteiger partial charge in [0.05, 0.1) is 13.2 Å². The van der Waals surface area contributed by atoms with E-state index in [2.05, 4.69) is 15.5 Å². The molecular weight excluding hydrogens is 414 g/mol. The van der Waals surface area contributed by atoms with Gasteiger partial charge < -0.3 is 15.4 Å². The lowest BCUT2D eigenvalue weighted by Gasteiger charge is -2.26. The number of nitrogens with zero attached hydrogens (tertiary/aromatic N) is 1. The topological polar surface area (TPSA) is 70.7 Å². The van der Waals surface area contributed by atoms with Gasteiger partial charge in [-0.3, -0.25) is 14.5 Å². The molecule has 170 valence electrons. The summed E-state index contributed by atoms with van der Waals surface area (Å²) in [6, 6.07) is 21.2. The van der Waals surface area contributed by atoms with Gasteiger partial charge in [0.15, 0.2) is 0 Å². The molecule has 1 fully saturated rings. The number of hydrogen-bond donors (Lipinski definition) is 2. The summed E-state index contributed by atoms with van der Waals surface area (Å²) in [7, 11) is 0. The minimum absolute atomic E-state index is 0.221. The van der Waals surface area contributed by atoms with Gasteiger partial charge in [-0.25, -0.2) is 0 Å². The van der Waals surface area contributed by atoms with Crippen molar-refractivity contribution in [1.82, 2.24) is 15.5 Å². The molecule has 6 heteroatoms. The van der Waals surface area contributed by atoms with Crippen LogP contribution in [0.1, 0.15) is 21.5 Å². The number of benzene rings is 3. The highest BCUT2D eigenvalue weighted by Gasteiger charge is 2.16. The van der Waals surface area contributed by atoms with Crippen molar-refractivity contribution in [2.45, 2.75) is 6.92 Å². The first-order chi connectivity index (χ1) is 16.1. The Morgan fingerprint density at radius 2 is 1.70 bits per heavy atom. The van der Waals surface area contributed by atoms with Crippen molar-refractivity contribution < 1.29 is 14.3 Å². The average molecular weight is 444 g/mol. The highest BCUT2D eigenvalue weighted by molar-refractivity contribution is 6.06. The molecule has 0 unspecified atom stereocenters. The quantitative estimate of drug-likeness (QED) is 0.550. The van der Waals surface area contributed by atoms with E-state index in [-0.39, 0.29) is 17.5 Å². The smallest absolute Gasteiger partial charge is 0.267 e. The second-order valence-corrected chi connectivity index (χ2v) is 8.16. The SMILES string of the molecule is Cc1ccc(C(=O)NC(=Cc2cccc3ccccc23)C(=O)NCCN2CCOCC2)cc1. The van der Waals surface area contributed by atoms with Crippen LogP contribution in [0, 0.1) is 6.92 Å². The maximum absolute atomic E-state index is 13.1. The van der Waals surface area contributed by atoms with Crippen molar-refractivity contribution in [3.05, 3.63) is 89.1 Å². The minimum Gasteiger partial charge on any atom is -0.379 e. The first-order valence-corrected chi connectivity index (χ1v) is 11.3. The van der Waals surface area contributed by atoms with Gasteiger partial charge in [-0.2, -0.15) is 0 Å². The summed E-state index contributed by atoms with van der Waals surface area (Å²) < 4.78 is 5.37. The largest absolute Gasteiger partial charge is 0.379 e. The molecule has 3 aromatic rings. The molecule has 1 aliphatic rings. The molecule has 33 heavy (non-hydrogen) atoms. The van der Waals surface area contributed by atoms with E-state index in [4.69, 9.17) is 4.74 Å². The monoisotopic (exact) mass is 443 g/mol. The van der Waals surface area contributed by atoms with Crippen LogP contribution in [0.25, 0.3) is 16.8 Å². The van der Waals surface area contributed by atoms with Crippen molar-refractivity contribution in [3.63, 3.8) is 0 Å². The molecule has 3 aromatic carbocycles. The van der Waals surface area contributed by atoms with Crippen molar-refractivity contribution in [1.29, 1.82) is 0 Å². The van der Waals surface area contributed by atoms with E-state index in [1.54, 1.807) is 18.2 Å². The van der Waals surface area contributed by atoms with E-state index in [1.165, 1.54) is 0 Å². The van der Waals surface area contributed by atoms with Crippen LogP contribution in [0.4, 0.5) is 0 Å². The fraction of sp³-hybridized carbons (Fsp3) is 0.259. The summed E-state index contributed by atoms with van der Waals surface area (Å²) in [4.78, 5) is 28.3. The maximum Gasteiger partial charge on any atom is 0.267 e. The first-order valence-electron chi connectivity index (χ1n) is 11.3. The standard InChI is InChI=1S/C27H29N3O3/c1-20-9-11-22(12-10-20)26(31)29-25(27(32)28-13-14-30-15-17-33-18-16-30)19-23-7-4-6-21-5-2-3-8-24(21)23/h2-12,19H,13-18H2,1H3,(H,28,32)(H,29,31). The molecule has 0 radical (unpaired) electrons. The van der Waals surface area contributed by atoms with E-state index in [0.29, 0.717) is 25.3 Å². The molecule has 2 N–H and O–H groups in total. The summed E-state index contributed by atoms with van der Waals surface area (Å²) in [6.45, 7) is 6.35. The Kier molecular flexibility index (Phi) is 7.50. The van der Waals surface area contributed by atoms with Crippen LogP contribution in [0.2, 0.25) is 0 Å². The third-order valence-electron chi connectivity index (χ3n) is 5.75. The van der Waals surface area contributed by atoms with Gasteiger partial charge in [0.2, 0.25) is 0 Å². The van der Waals surface area contributed by atoms with Crippen molar-refractivity contribution in [2.75, 3.05) is 39.4 Å². The Morgan fingerprint density at radius 3 is 2.48 bits per heavy atom. The zero-order valence-corrected chi connectivity index (χ0v) is 18.8. The van der Waals surface area contributed by atoms with Crippen LogP contribution >= 0.6 is 0 Å². The van der Waals surface area contributed by atoms with Crippen molar-refractivity contribution >= 4 is 28.7 Å². The zero-order valence-electron chi connectivity index (χ0n) is 18.8. The van der Waals surface area contributed by atoms with Gasteiger partial charge in [0.25, 0.3) is 11.8 Å². The van der Waals surface area contributed by atoms with Gasteiger partial charge in [0, 0.05) is 31.7 Å². The number of amides is 2. The molecule has 4 rings (SSSR count). The Balaban J connectivity index is 1.55. The highest BCUT2D eigenvalue weighted by atomic mass is 16.5. The molecule has 2 amide bonds. The zero-order chi connectivity index (χ0) is 23.0. The molecule has 0 bridgehead atoms. The Bertz CT molecular complexity index is 1140. The van der Waals surface area contributed by atoms with Gasteiger partial charge in [0.1, 0.15) is 5.70 Å². The van der Waals surface area contributed by atoms with Gasteiger partial charge in [-0.05, 0) is 41.5 Å². The van der Waals surface area contributed by atoms with E-state index >= 15 is 0 Å². The number of aryl methyl sites for hydroxylation is 1. The van der Waals surface area contributed by atoms with Crippen LogP contribution in [0.3, 0.4) is 0 Å². The predicted molar refractivity (Wildman–Crippen MR) is 131 cm³/mol. The number of rotatable bonds is 7. The average Bonchev–Trinajstić information content (AvgIpc) is 2.85. The second kappa shape index (κ2) is 10.9. The van der Waals surface area contributed by atoms with Crippen LogP contribution < -0.4 is 10.6 Å². The Morgan fingerprint density at radius 1 is 0.970 bits per heavy atom. The highest BCUT2D eigenvalue weighted by Crippen LogP contribution is 2.20. The molecule has 0 aromatic heterocycles. The van der Waals surface area contributed by atoms with Gasteiger partial charge >= 0.3 is 0 Å². The molecule has 1 heterocycles. The fourth-order valence-electron chi connectivity index (χ4n) is 3.84.